The summed E-state index contributed by atoms with van der Waals surface area (Å²) in [6.07, 6.45) is -2.65. The lowest BCUT2D eigenvalue weighted by atomic mass is 9.79. The lowest BCUT2D eigenvalue weighted by Crippen LogP contribution is -2.48. The van der Waals surface area contributed by atoms with Gasteiger partial charge in [0.25, 0.3) is 5.56 Å². The summed E-state index contributed by atoms with van der Waals surface area (Å²) in [4.78, 5) is 19.7. The SMILES string of the molecule is C[C@@H]1N=C(c2ccc(=O)n(C(F)F)c2)N[C@]1(c1ccc(F)cc1)c1ccc(C(F)(F)F)nc1. The van der Waals surface area contributed by atoms with E-state index >= 15 is 0 Å². The Morgan fingerprint density at radius 3 is 2.27 bits per heavy atom. The molecule has 2 atom stereocenters. The van der Waals surface area contributed by atoms with Crippen LogP contribution in [0.5, 0.6) is 0 Å². The second kappa shape index (κ2) is 8.05. The summed E-state index contributed by atoms with van der Waals surface area (Å²) in [5, 5.41) is 3.11. The van der Waals surface area contributed by atoms with Crippen LogP contribution in [0.2, 0.25) is 0 Å². The number of pyridine rings is 2. The highest BCUT2D eigenvalue weighted by atomic mass is 19.4. The van der Waals surface area contributed by atoms with Crippen molar-refractivity contribution in [2.24, 2.45) is 4.99 Å². The summed E-state index contributed by atoms with van der Waals surface area (Å²) in [6, 6.07) is 8.97. The third-order valence-electron chi connectivity index (χ3n) is 5.50. The third kappa shape index (κ3) is 3.98. The molecule has 1 aromatic carbocycles. The second-order valence-electron chi connectivity index (χ2n) is 7.46. The van der Waals surface area contributed by atoms with Crippen LogP contribution in [0.15, 0.2) is 70.7 Å². The lowest BCUT2D eigenvalue weighted by Gasteiger charge is -2.35. The first-order valence-corrected chi connectivity index (χ1v) is 9.69. The van der Waals surface area contributed by atoms with Gasteiger partial charge in [-0.2, -0.15) is 22.0 Å². The highest BCUT2D eigenvalue weighted by molar-refractivity contribution is 6.01. The van der Waals surface area contributed by atoms with Crippen molar-refractivity contribution in [1.29, 1.82) is 0 Å². The van der Waals surface area contributed by atoms with Gasteiger partial charge in [-0.3, -0.25) is 19.3 Å². The number of halogens is 6. The standard InChI is InChI=1S/C22H16F6N4O/c1-12-21(14-3-6-16(23)7-4-14,15-5-8-17(29-10-15)22(26,27)28)31-19(30-12)13-2-9-18(33)32(11-13)20(24)25/h2-12,20H,1H3,(H,30,31)/t12-,21+/m0/s1. The van der Waals surface area contributed by atoms with Crippen molar-refractivity contribution in [2.75, 3.05) is 0 Å². The molecule has 1 N–H and O–H groups in total. The van der Waals surface area contributed by atoms with E-state index in [1.807, 2.05) is 0 Å². The molecule has 0 aliphatic carbocycles. The summed E-state index contributed by atoms with van der Waals surface area (Å²) < 4.78 is 79.3. The maximum atomic E-state index is 13.6. The van der Waals surface area contributed by atoms with Crippen LogP contribution in [0, 0.1) is 5.82 Å². The average molecular weight is 466 g/mol. The van der Waals surface area contributed by atoms with Crippen molar-refractivity contribution in [3.05, 3.63) is 99.5 Å². The molecule has 1 aliphatic rings. The average Bonchev–Trinajstić information content (AvgIpc) is 3.12. The smallest absolute Gasteiger partial charge is 0.354 e. The van der Waals surface area contributed by atoms with Crippen LogP contribution >= 0.6 is 0 Å². The van der Waals surface area contributed by atoms with Crippen molar-refractivity contribution in [1.82, 2.24) is 14.9 Å². The van der Waals surface area contributed by atoms with Crippen LogP contribution < -0.4 is 10.9 Å². The van der Waals surface area contributed by atoms with Crippen LogP contribution in [-0.4, -0.2) is 21.4 Å². The van der Waals surface area contributed by atoms with Gasteiger partial charge in [0, 0.05) is 29.6 Å². The van der Waals surface area contributed by atoms with Crippen LogP contribution in [0.1, 0.15) is 35.9 Å². The number of aromatic nitrogens is 2. The van der Waals surface area contributed by atoms with Gasteiger partial charge < -0.3 is 5.32 Å². The van der Waals surface area contributed by atoms with Crippen molar-refractivity contribution < 1.29 is 26.3 Å². The molecule has 0 amide bonds. The molecule has 0 saturated carbocycles. The fraction of sp³-hybridized carbons (Fsp3) is 0.227. The highest BCUT2D eigenvalue weighted by Gasteiger charge is 2.46. The first kappa shape index (κ1) is 22.6. The molecule has 2 aromatic heterocycles. The Morgan fingerprint density at radius 1 is 1.03 bits per heavy atom. The Labute approximate surface area is 183 Å². The minimum atomic E-state index is -4.64. The topological polar surface area (TPSA) is 59.3 Å². The van der Waals surface area contributed by atoms with Gasteiger partial charge in [0.2, 0.25) is 0 Å². The number of nitrogens with one attached hydrogen (secondary N) is 1. The van der Waals surface area contributed by atoms with Gasteiger partial charge in [0.15, 0.2) is 0 Å². The van der Waals surface area contributed by atoms with Gasteiger partial charge in [-0.1, -0.05) is 18.2 Å². The Balaban J connectivity index is 1.83. The number of hydrogen-bond acceptors (Lipinski definition) is 4. The number of hydrogen-bond donors (Lipinski definition) is 1. The molecule has 5 nitrogen and oxygen atoms in total. The fourth-order valence-corrected chi connectivity index (χ4v) is 3.86. The van der Waals surface area contributed by atoms with Crippen molar-refractivity contribution in [3.8, 4) is 0 Å². The third-order valence-corrected chi connectivity index (χ3v) is 5.50. The molecular weight excluding hydrogens is 450 g/mol. The zero-order valence-corrected chi connectivity index (χ0v) is 16.9. The molecule has 172 valence electrons. The predicted molar refractivity (Wildman–Crippen MR) is 108 cm³/mol. The largest absolute Gasteiger partial charge is 0.433 e. The Hall–Kier alpha value is -3.63. The van der Waals surface area contributed by atoms with Crippen molar-refractivity contribution in [3.63, 3.8) is 0 Å². The van der Waals surface area contributed by atoms with Gasteiger partial charge in [0.1, 0.15) is 22.9 Å². The summed E-state index contributed by atoms with van der Waals surface area (Å²) in [6.45, 7) is -1.40. The molecule has 11 heteroatoms. The van der Waals surface area contributed by atoms with E-state index in [0.717, 1.165) is 24.5 Å². The number of alkyl halides is 5. The van der Waals surface area contributed by atoms with Crippen molar-refractivity contribution >= 4 is 5.84 Å². The van der Waals surface area contributed by atoms with E-state index < -0.39 is 41.4 Å². The molecule has 1 aliphatic heterocycles. The quantitative estimate of drug-likeness (QED) is 0.577. The number of nitrogens with zero attached hydrogens (tertiary/aromatic N) is 3. The van der Waals surface area contributed by atoms with E-state index in [-0.39, 0.29) is 16.0 Å². The number of aliphatic imine (C=N–C) groups is 1. The highest BCUT2D eigenvalue weighted by Crippen LogP contribution is 2.39. The molecule has 0 spiro atoms. The van der Waals surface area contributed by atoms with E-state index in [1.165, 1.54) is 36.4 Å². The number of rotatable bonds is 4. The second-order valence-corrected chi connectivity index (χ2v) is 7.46. The molecule has 0 unspecified atom stereocenters. The molecular formula is C22H16F6N4O. The van der Waals surface area contributed by atoms with E-state index in [4.69, 9.17) is 0 Å². The Bertz CT molecular complexity index is 1250. The van der Waals surface area contributed by atoms with Crippen LogP contribution in [-0.2, 0) is 11.7 Å². The predicted octanol–water partition coefficient (Wildman–Crippen LogP) is 4.48. The normalized spacial score (nSPS) is 20.6. The summed E-state index contributed by atoms with van der Waals surface area (Å²) in [5.74, 6) is -0.378. The molecule has 0 radical (unpaired) electrons. The fourth-order valence-electron chi connectivity index (χ4n) is 3.86. The molecule has 0 saturated heterocycles. The minimum absolute atomic E-state index is 0.140. The van der Waals surface area contributed by atoms with E-state index in [2.05, 4.69) is 15.3 Å². The molecule has 4 rings (SSSR count). The zero-order chi connectivity index (χ0) is 24.0. The number of benzene rings is 1. The lowest BCUT2D eigenvalue weighted by molar-refractivity contribution is -0.141. The molecule has 3 aromatic rings. The monoisotopic (exact) mass is 466 g/mol. The van der Waals surface area contributed by atoms with Crippen LogP contribution in [0.4, 0.5) is 26.3 Å². The minimum Gasteiger partial charge on any atom is -0.354 e. The van der Waals surface area contributed by atoms with Gasteiger partial charge in [-0.15, -0.1) is 0 Å². The Morgan fingerprint density at radius 2 is 1.70 bits per heavy atom. The van der Waals surface area contributed by atoms with Crippen molar-refractivity contribution in [2.45, 2.75) is 31.2 Å². The molecule has 3 heterocycles. The molecule has 0 bridgehead atoms. The van der Waals surface area contributed by atoms with Gasteiger partial charge in [-0.05, 0) is 36.8 Å². The first-order chi connectivity index (χ1) is 15.5. The summed E-state index contributed by atoms with van der Waals surface area (Å²) >= 11 is 0. The van der Waals surface area contributed by atoms with Gasteiger partial charge >= 0.3 is 12.7 Å². The van der Waals surface area contributed by atoms with E-state index in [1.54, 1.807) is 6.92 Å². The summed E-state index contributed by atoms with van der Waals surface area (Å²) in [7, 11) is 0. The number of amidine groups is 1. The maximum Gasteiger partial charge on any atom is 0.433 e. The molecule has 0 fully saturated rings. The zero-order valence-electron chi connectivity index (χ0n) is 16.9. The van der Waals surface area contributed by atoms with E-state index in [0.29, 0.717) is 11.1 Å². The summed E-state index contributed by atoms with van der Waals surface area (Å²) in [5.41, 5.74) is -2.32. The maximum absolute atomic E-state index is 13.6. The van der Waals surface area contributed by atoms with Gasteiger partial charge in [-0.25, -0.2) is 4.39 Å². The van der Waals surface area contributed by atoms with E-state index in [9.17, 15) is 31.1 Å². The molecule has 33 heavy (non-hydrogen) atoms. The van der Waals surface area contributed by atoms with Gasteiger partial charge in [0.05, 0.1) is 6.04 Å². The van der Waals surface area contributed by atoms with Crippen LogP contribution in [0.3, 0.4) is 0 Å². The van der Waals surface area contributed by atoms with Crippen LogP contribution in [0.25, 0.3) is 0 Å². The first-order valence-electron chi connectivity index (χ1n) is 9.69. The Kier molecular flexibility index (Phi) is 5.51.